The summed E-state index contributed by atoms with van der Waals surface area (Å²) in [4.78, 5) is 11.7. The molecule has 0 aliphatic rings. The maximum atomic E-state index is 11.7. The number of nitrogens with two attached hydrogens (primary N) is 1. The number of benzene rings is 1. The second-order valence-corrected chi connectivity index (χ2v) is 5.97. The van der Waals surface area contributed by atoms with Crippen LogP contribution in [0.2, 0.25) is 5.02 Å². The minimum absolute atomic E-state index is 0.126. The Labute approximate surface area is 111 Å². The number of carbonyl (C=O) groups excluding carboxylic acids is 1. The zero-order valence-corrected chi connectivity index (χ0v) is 11.3. The average molecular weight is 292 g/mol. The molecule has 100 valence electrons. The standard InChI is InChI=1S/C10H14ClN3O3S/c1-18(16,17)14-3-2-13-10(15)7-4-8(11)6-9(12)5-7/h4-6,14H,2-3,12H2,1H3,(H,13,15). The van der Waals surface area contributed by atoms with Gasteiger partial charge in [0.1, 0.15) is 0 Å². The molecule has 1 aromatic carbocycles. The number of hydrogen-bond donors (Lipinski definition) is 3. The number of amides is 1. The Balaban J connectivity index is 2.51. The summed E-state index contributed by atoms with van der Waals surface area (Å²) < 4.78 is 23.8. The van der Waals surface area contributed by atoms with Gasteiger partial charge in [-0.05, 0) is 18.2 Å². The molecule has 0 spiro atoms. The number of halogens is 1. The summed E-state index contributed by atoms with van der Waals surface area (Å²) in [6.45, 7) is 0.305. The van der Waals surface area contributed by atoms with Gasteiger partial charge in [0.2, 0.25) is 10.0 Å². The molecular formula is C10H14ClN3O3S. The number of hydrogen-bond acceptors (Lipinski definition) is 4. The summed E-state index contributed by atoms with van der Waals surface area (Å²) in [6, 6.07) is 4.51. The largest absolute Gasteiger partial charge is 0.399 e. The van der Waals surface area contributed by atoms with Crippen LogP contribution in [0.3, 0.4) is 0 Å². The van der Waals surface area contributed by atoms with E-state index in [9.17, 15) is 13.2 Å². The Bertz CT molecular complexity index is 525. The molecule has 0 fully saturated rings. The second kappa shape index (κ2) is 6.03. The molecular weight excluding hydrogens is 278 g/mol. The third kappa shape index (κ3) is 5.35. The molecule has 0 saturated heterocycles. The predicted octanol–water partition coefficient (Wildman–Crippen LogP) is 0.201. The van der Waals surface area contributed by atoms with E-state index in [1.807, 2.05) is 0 Å². The van der Waals surface area contributed by atoms with Crippen molar-refractivity contribution < 1.29 is 13.2 Å². The number of nitrogens with one attached hydrogen (secondary N) is 2. The third-order valence-corrected chi connectivity index (χ3v) is 2.90. The molecule has 0 aliphatic heterocycles. The Morgan fingerprint density at radius 2 is 2.00 bits per heavy atom. The van der Waals surface area contributed by atoms with Crippen molar-refractivity contribution in [2.45, 2.75) is 0 Å². The summed E-state index contributed by atoms with van der Waals surface area (Å²) in [6.07, 6.45) is 1.05. The molecule has 8 heteroatoms. The molecule has 6 nitrogen and oxygen atoms in total. The zero-order valence-electron chi connectivity index (χ0n) is 9.73. The quantitative estimate of drug-likeness (QED) is 0.533. The molecule has 0 aromatic heterocycles. The van der Waals surface area contributed by atoms with Crippen LogP contribution in [0.5, 0.6) is 0 Å². The average Bonchev–Trinajstić information content (AvgIpc) is 2.21. The lowest BCUT2D eigenvalue weighted by molar-refractivity contribution is 0.0954. The van der Waals surface area contributed by atoms with Gasteiger partial charge < -0.3 is 11.1 Å². The molecule has 0 aliphatic carbocycles. The molecule has 1 amide bonds. The van der Waals surface area contributed by atoms with Crippen LogP contribution >= 0.6 is 11.6 Å². The van der Waals surface area contributed by atoms with Crippen molar-refractivity contribution in [3.05, 3.63) is 28.8 Å². The monoisotopic (exact) mass is 291 g/mol. The van der Waals surface area contributed by atoms with Gasteiger partial charge in [-0.25, -0.2) is 13.1 Å². The molecule has 0 atom stereocenters. The van der Waals surface area contributed by atoms with E-state index in [2.05, 4.69) is 10.0 Å². The van der Waals surface area contributed by atoms with Crippen LogP contribution in [-0.2, 0) is 10.0 Å². The van der Waals surface area contributed by atoms with Crippen molar-refractivity contribution in [3.8, 4) is 0 Å². The Hall–Kier alpha value is -1.31. The Kier molecular flexibility index (Phi) is 4.94. The van der Waals surface area contributed by atoms with Gasteiger partial charge in [0.15, 0.2) is 0 Å². The van der Waals surface area contributed by atoms with Crippen molar-refractivity contribution >= 4 is 33.2 Å². The minimum Gasteiger partial charge on any atom is -0.399 e. The first-order valence-corrected chi connectivity index (χ1v) is 7.34. The zero-order chi connectivity index (χ0) is 13.8. The normalized spacial score (nSPS) is 11.2. The molecule has 18 heavy (non-hydrogen) atoms. The van der Waals surface area contributed by atoms with Gasteiger partial charge in [0.25, 0.3) is 5.91 Å². The highest BCUT2D eigenvalue weighted by Gasteiger charge is 2.07. The summed E-state index contributed by atoms with van der Waals surface area (Å²) >= 11 is 5.76. The lowest BCUT2D eigenvalue weighted by atomic mass is 10.2. The van der Waals surface area contributed by atoms with Crippen molar-refractivity contribution in [2.75, 3.05) is 25.1 Å². The van der Waals surface area contributed by atoms with Gasteiger partial charge in [-0.15, -0.1) is 0 Å². The van der Waals surface area contributed by atoms with Crippen molar-refractivity contribution in [2.24, 2.45) is 0 Å². The highest BCUT2D eigenvalue weighted by Crippen LogP contribution is 2.16. The van der Waals surface area contributed by atoms with Gasteiger partial charge in [-0.2, -0.15) is 0 Å². The SMILES string of the molecule is CS(=O)(=O)NCCNC(=O)c1cc(N)cc(Cl)c1. The molecule has 0 heterocycles. The van der Waals surface area contributed by atoms with E-state index >= 15 is 0 Å². The Morgan fingerprint density at radius 1 is 1.33 bits per heavy atom. The highest BCUT2D eigenvalue weighted by molar-refractivity contribution is 7.88. The number of nitrogen functional groups attached to an aromatic ring is 1. The molecule has 1 rings (SSSR count). The van der Waals surface area contributed by atoms with Crippen LogP contribution in [0.1, 0.15) is 10.4 Å². The van der Waals surface area contributed by atoms with Crippen LogP contribution in [0, 0.1) is 0 Å². The smallest absolute Gasteiger partial charge is 0.251 e. The van der Waals surface area contributed by atoms with Gasteiger partial charge in [0, 0.05) is 29.4 Å². The topological polar surface area (TPSA) is 101 Å². The summed E-state index contributed by atoms with van der Waals surface area (Å²) in [5, 5.41) is 2.92. The fourth-order valence-electron chi connectivity index (χ4n) is 1.26. The van der Waals surface area contributed by atoms with E-state index in [0.717, 1.165) is 6.26 Å². The second-order valence-electron chi connectivity index (χ2n) is 3.70. The van der Waals surface area contributed by atoms with Crippen LogP contribution < -0.4 is 15.8 Å². The van der Waals surface area contributed by atoms with Crippen molar-refractivity contribution in [1.82, 2.24) is 10.0 Å². The third-order valence-electron chi connectivity index (χ3n) is 1.96. The van der Waals surface area contributed by atoms with Crippen LogP contribution in [0.25, 0.3) is 0 Å². The maximum absolute atomic E-state index is 11.7. The van der Waals surface area contributed by atoms with Crippen LogP contribution in [0.4, 0.5) is 5.69 Å². The van der Waals surface area contributed by atoms with E-state index < -0.39 is 10.0 Å². The van der Waals surface area contributed by atoms with Crippen LogP contribution in [0.15, 0.2) is 18.2 Å². The minimum atomic E-state index is -3.24. The number of sulfonamides is 1. The van der Waals surface area contributed by atoms with E-state index in [4.69, 9.17) is 17.3 Å². The molecule has 0 unspecified atom stereocenters. The van der Waals surface area contributed by atoms with Crippen molar-refractivity contribution in [3.63, 3.8) is 0 Å². The summed E-state index contributed by atoms with van der Waals surface area (Å²) in [5.41, 5.74) is 6.28. The van der Waals surface area contributed by atoms with Crippen molar-refractivity contribution in [1.29, 1.82) is 0 Å². The first kappa shape index (κ1) is 14.7. The lowest BCUT2D eigenvalue weighted by Crippen LogP contribution is -2.34. The summed E-state index contributed by atoms with van der Waals surface area (Å²) in [7, 11) is -3.24. The Morgan fingerprint density at radius 3 is 2.56 bits per heavy atom. The predicted molar refractivity (Wildman–Crippen MR) is 71.0 cm³/mol. The maximum Gasteiger partial charge on any atom is 0.251 e. The van der Waals surface area contributed by atoms with Gasteiger partial charge >= 0.3 is 0 Å². The van der Waals surface area contributed by atoms with E-state index in [1.54, 1.807) is 0 Å². The molecule has 0 radical (unpaired) electrons. The fraction of sp³-hybridized carbons (Fsp3) is 0.300. The van der Waals surface area contributed by atoms with Crippen LogP contribution in [-0.4, -0.2) is 33.7 Å². The van der Waals surface area contributed by atoms with Gasteiger partial charge in [-0.3, -0.25) is 4.79 Å². The first-order valence-electron chi connectivity index (χ1n) is 5.07. The van der Waals surface area contributed by atoms with E-state index in [-0.39, 0.29) is 19.0 Å². The van der Waals surface area contributed by atoms with Gasteiger partial charge in [0.05, 0.1) is 6.26 Å². The molecule has 1 aromatic rings. The summed E-state index contributed by atoms with van der Waals surface area (Å²) in [5.74, 6) is -0.362. The molecule has 0 saturated carbocycles. The number of rotatable bonds is 5. The van der Waals surface area contributed by atoms with E-state index in [0.29, 0.717) is 16.3 Å². The molecule has 4 N–H and O–H groups in total. The lowest BCUT2D eigenvalue weighted by Gasteiger charge is -2.06. The molecule has 0 bridgehead atoms. The van der Waals surface area contributed by atoms with Gasteiger partial charge in [-0.1, -0.05) is 11.6 Å². The fourth-order valence-corrected chi connectivity index (χ4v) is 1.97. The highest BCUT2D eigenvalue weighted by atomic mass is 35.5. The van der Waals surface area contributed by atoms with E-state index in [1.165, 1.54) is 18.2 Å². The first-order chi connectivity index (χ1) is 8.28. The number of anilines is 1. The number of carbonyl (C=O) groups is 1.